The highest BCUT2D eigenvalue weighted by Gasteiger charge is 2.23. The molecule has 2 N–H and O–H groups in total. The molecule has 1 aromatic carbocycles. The van der Waals surface area contributed by atoms with Crippen molar-refractivity contribution in [1.82, 2.24) is 10.3 Å². The molecular weight excluding hydrogens is 236 g/mol. The van der Waals surface area contributed by atoms with E-state index >= 15 is 0 Å². The standard InChI is InChI=1S/C16H22N2O/c1-12(2)16(3,19)11-17-10-14-7-4-6-13-8-5-9-18-15(13)14/h4-9,12,17,19H,10-11H2,1-3H3. The van der Waals surface area contributed by atoms with E-state index in [1.165, 1.54) is 0 Å². The molecule has 0 saturated heterocycles. The molecule has 3 nitrogen and oxygen atoms in total. The van der Waals surface area contributed by atoms with Crippen LogP contribution in [0.1, 0.15) is 26.3 Å². The van der Waals surface area contributed by atoms with Gasteiger partial charge in [0.15, 0.2) is 0 Å². The first-order valence-corrected chi connectivity index (χ1v) is 6.76. The smallest absolute Gasteiger partial charge is 0.0766 e. The summed E-state index contributed by atoms with van der Waals surface area (Å²) in [6.45, 7) is 7.22. The van der Waals surface area contributed by atoms with E-state index in [0.29, 0.717) is 6.54 Å². The minimum atomic E-state index is -0.683. The summed E-state index contributed by atoms with van der Waals surface area (Å²) in [5.74, 6) is 0.227. The quantitative estimate of drug-likeness (QED) is 0.866. The fraction of sp³-hybridized carbons (Fsp3) is 0.438. The van der Waals surface area contributed by atoms with E-state index in [2.05, 4.69) is 28.5 Å². The Kier molecular flexibility index (Phi) is 4.17. The van der Waals surface area contributed by atoms with Gasteiger partial charge in [-0.25, -0.2) is 0 Å². The Labute approximate surface area is 114 Å². The van der Waals surface area contributed by atoms with Crippen molar-refractivity contribution >= 4 is 10.9 Å². The zero-order chi connectivity index (χ0) is 13.9. The summed E-state index contributed by atoms with van der Waals surface area (Å²) < 4.78 is 0. The molecule has 0 spiro atoms. The van der Waals surface area contributed by atoms with Gasteiger partial charge in [0.25, 0.3) is 0 Å². The van der Waals surface area contributed by atoms with Gasteiger partial charge in [-0.3, -0.25) is 4.98 Å². The number of aliphatic hydroxyl groups is 1. The van der Waals surface area contributed by atoms with E-state index in [1.54, 1.807) is 0 Å². The van der Waals surface area contributed by atoms with Crippen LogP contribution in [0.5, 0.6) is 0 Å². The van der Waals surface area contributed by atoms with Gasteiger partial charge in [-0.2, -0.15) is 0 Å². The van der Waals surface area contributed by atoms with Crippen LogP contribution in [0.3, 0.4) is 0 Å². The maximum absolute atomic E-state index is 10.2. The van der Waals surface area contributed by atoms with Crippen molar-refractivity contribution in [1.29, 1.82) is 0 Å². The van der Waals surface area contributed by atoms with E-state index in [-0.39, 0.29) is 5.92 Å². The van der Waals surface area contributed by atoms with Crippen molar-refractivity contribution in [3.05, 3.63) is 42.1 Å². The number of para-hydroxylation sites is 1. The predicted octanol–water partition coefficient (Wildman–Crippen LogP) is 2.73. The molecule has 1 atom stereocenters. The van der Waals surface area contributed by atoms with Crippen molar-refractivity contribution in [2.45, 2.75) is 32.9 Å². The van der Waals surface area contributed by atoms with E-state index < -0.39 is 5.60 Å². The molecule has 0 radical (unpaired) electrons. The molecule has 1 heterocycles. The third-order valence-electron chi connectivity index (χ3n) is 3.76. The van der Waals surface area contributed by atoms with Crippen LogP contribution in [0, 0.1) is 5.92 Å². The molecule has 0 aliphatic carbocycles. The minimum absolute atomic E-state index is 0.227. The zero-order valence-electron chi connectivity index (χ0n) is 11.9. The highest BCUT2D eigenvalue weighted by Crippen LogP contribution is 2.17. The third kappa shape index (κ3) is 3.31. The van der Waals surface area contributed by atoms with E-state index in [1.807, 2.05) is 39.1 Å². The second kappa shape index (κ2) is 5.68. The Bertz CT molecular complexity index is 544. The summed E-state index contributed by atoms with van der Waals surface area (Å²) >= 11 is 0. The number of benzene rings is 1. The predicted molar refractivity (Wildman–Crippen MR) is 78.9 cm³/mol. The van der Waals surface area contributed by atoms with Crippen LogP contribution in [0.15, 0.2) is 36.5 Å². The summed E-state index contributed by atoms with van der Waals surface area (Å²) in [5, 5.41) is 14.7. The van der Waals surface area contributed by atoms with E-state index in [9.17, 15) is 5.11 Å². The average Bonchev–Trinajstić information content (AvgIpc) is 2.38. The van der Waals surface area contributed by atoms with Crippen molar-refractivity contribution in [2.24, 2.45) is 5.92 Å². The summed E-state index contributed by atoms with van der Waals surface area (Å²) in [4.78, 5) is 4.43. The van der Waals surface area contributed by atoms with Crippen molar-refractivity contribution < 1.29 is 5.11 Å². The summed E-state index contributed by atoms with van der Waals surface area (Å²) in [7, 11) is 0. The Morgan fingerprint density at radius 3 is 2.74 bits per heavy atom. The van der Waals surface area contributed by atoms with Crippen LogP contribution in [0.25, 0.3) is 10.9 Å². The number of hydrogen-bond donors (Lipinski definition) is 2. The summed E-state index contributed by atoms with van der Waals surface area (Å²) in [6.07, 6.45) is 1.82. The second-order valence-corrected chi connectivity index (χ2v) is 5.61. The van der Waals surface area contributed by atoms with Crippen LogP contribution in [-0.4, -0.2) is 22.2 Å². The van der Waals surface area contributed by atoms with E-state index in [0.717, 1.165) is 23.0 Å². The monoisotopic (exact) mass is 258 g/mol. The number of pyridine rings is 1. The van der Waals surface area contributed by atoms with Gasteiger partial charge in [0.1, 0.15) is 0 Å². The maximum atomic E-state index is 10.2. The molecule has 0 fully saturated rings. The topological polar surface area (TPSA) is 45.1 Å². The lowest BCUT2D eigenvalue weighted by Crippen LogP contribution is -2.41. The Balaban J connectivity index is 2.07. The van der Waals surface area contributed by atoms with Gasteiger partial charge >= 0.3 is 0 Å². The fourth-order valence-electron chi connectivity index (χ4n) is 1.96. The number of hydrogen-bond acceptors (Lipinski definition) is 3. The van der Waals surface area contributed by atoms with Crippen LogP contribution in [0.4, 0.5) is 0 Å². The van der Waals surface area contributed by atoms with Crippen LogP contribution >= 0.6 is 0 Å². The molecule has 0 aliphatic rings. The highest BCUT2D eigenvalue weighted by atomic mass is 16.3. The summed E-state index contributed by atoms with van der Waals surface area (Å²) in [6, 6.07) is 10.2. The van der Waals surface area contributed by atoms with Crippen molar-refractivity contribution in [2.75, 3.05) is 6.54 Å². The molecule has 0 aliphatic heterocycles. The number of nitrogens with one attached hydrogen (secondary N) is 1. The molecule has 2 aromatic rings. The van der Waals surface area contributed by atoms with Crippen LogP contribution < -0.4 is 5.32 Å². The van der Waals surface area contributed by atoms with Gasteiger partial charge in [0, 0.05) is 24.7 Å². The minimum Gasteiger partial charge on any atom is -0.389 e. The van der Waals surface area contributed by atoms with Crippen molar-refractivity contribution in [3.8, 4) is 0 Å². The van der Waals surface area contributed by atoms with E-state index in [4.69, 9.17) is 0 Å². The molecule has 102 valence electrons. The Morgan fingerprint density at radius 2 is 2.00 bits per heavy atom. The lowest BCUT2D eigenvalue weighted by atomic mass is 9.92. The number of rotatable bonds is 5. The van der Waals surface area contributed by atoms with Gasteiger partial charge in [0.05, 0.1) is 11.1 Å². The first-order valence-electron chi connectivity index (χ1n) is 6.76. The lowest BCUT2D eigenvalue weighted by molar-refractivity contribution is 0.0140. The molecule has 1 unspecified atom stereocenters. The van der Waals surface area contributed by atoms with Gasteiger partial charge in [0.2, 0.25) is 0 Å². The highest BCUT2D eigenvalue weighted by molar-refractivity contribution is 5.81. The third-order valence-corrected chi connectivity index (χ3v) is 3.76. The number of nitrogens with zero attached hydrogens (tertiary/aromatic N) is 1. The summed E-state index contributed by atoms with van der Waals surface area (Å²) in [5.41, 5.74) is 1.51. The second-order valence-electron chi connectivity index (χ2n) is 5.61. The Hall–Kier alpha value is -1.45. The molecule has 19 heavy (non-hydrogen) atoms. The van der Waals surface area contributed by atoms with Crippen molar-refractivity contribution in [3.63, 3.8) is 0 Å². The van der Waals surface area contributed by atoms with Gasteiger partial charge in [-0.15, -0.1) is 0 Å². The SMILES string of the molecule is CC(C)C(C)(O)CNCc1cccc2cccnc12. The molecular formula is C16H22N2O. The van der Waals surface area contributed by atoms with Gasteiger partial charge in [-0.1, -0.05) is 38.1 Å². The molecule has 3 heteroatoms. The van der Waals surface area contributed by atoms with Crippen LogP contribution in [0.2, 0.25) is 0 Å². The number of fused-ring (bicyclic) bond motifs is 1. The first kappa shape index (κ1) is 14.0. The molecule has 0 saturated carbocycles. The largest absolute Gasteiger partial charge is 0.389 e. The number of aromatic nitrogens is 1. The normalized spacial score (nSPS) is 14.8. The van der Waals surface area contributed by atoms with Crippen LogP contribution in [-0.2, 0) is 6.54 Å². The first-order chi connectivity index (χ1) is 9.00. The molecule has 1 aromatic heterocycles. The molecule has 0 bridgehead atoms. The zero-order valence-corrected chi connectivity index (χ0v) is 11.9. The van der Waals surface area contributed by atoms with Gasteiger partial charge in [-0.05, 0) is 24.5 Å². The molecule has 2 rings (SSSR count). The Morgan fingerprint density at radius 1 is 1.26 bits per heavy atom. The fourth-order valence-corrected chi connectivity index (χ4v) is 1.96. The lowest BCUT2D eigenvalue weighted by Gasteiger charge is -2.28. The molecule has 0 amide bonds. The van der Waals surface area contributed by atoms with Gasteiger partial charge < -0.3 is 10.4 Å². The maximum Gasteiger partial charge on any atom is 0.0766 e. The average molecular weight is 258 g/mol.